The second-order valence-corrected chi connectivity index (χ2v) is 4.92. The number of carbonyl (C=O) groups is 1. The summed E-state index contributed by atoms with van der Waals surface area (Å²) in [5.74, 6) is 1.01. The van der Waals surface area contributed by atoms with Gasteiger partial charge in [-0.25, -0.2) is 0 Å². The van der Waals surface area contributed by atoms with Gasteiger partial charge in [-0.3, -0.25) is 4.79 Å². The van der Waals surface area contributed by atoms with Crippen molar-refractivity contribution in [2.24, 2.45) is 5.92 Å². The summed E-state index contributed by atoms with van der Waals surface area (Å²) in [5.41, 5.74) is 1.31. The maximum Gasteiger partial charge on any atom is 0.220 e. The molecule has 0 radical (unpaired) electrons. The number of amides is 1. The second-order valence-electron chi connectivity index (χ2n) is 4.92. The van der Waals surface area contributed by atoms with E-state index in [1.807, 2.05) is 18.2 Å². The van der Waals surface area contributed by atoms with E-state index in [-0.39, 0.29) is 5.91 Å². The summed E-state index contributed by atoms with van der Waals surface area (Å²) in [6.07, 6.45) is 1.66. The highest BCUT2D eigenvalue weighted by Gasteiger charge is 2.11. The average Bonchev–Trinajstić information content (AvgIpc) is 2.30. The number of rotatable bonds is 6. The third-order valence-corrected chi connectivity index (χ3v) is 2.90. The molecular formula is C15H23NO. The van der Waals surface area contributed by atoms with Crippen LogP contribution in [-0.2, 0) is 4.79 Å². The van der Waals surface area contributed by atoms with Crippen molar-refractivity contribution < 1.29 is 4.79 Å². The van der Waals surface area contributed by atoms with Gasteiger partial charge in [-0.2, -0.15) is 0 Å². The van der Waals surface area contributed by atoms with Crippen molar-refractivity contribution >= 4 is 5.91 Å². The van der Waals surface area contributed by atoms with Crippen LogP contribution in [0.3, 0.4) is 0 Å². The van der Waals surface area contributed by atoms with E-state index in [2.05, 4.69) is 38.2 Å². The molecule has 0 bridgehead atoms. The molecule has 2 heteroatoms. The molecule has 2 nitrogen and oxygen atoms in total. The molecule has 1 amide bonds. The Morgan fingerprint density at radius 1 is 1.24 bits per heavy atom. The SMILES string of the molecule is CCC(CNC(=O)CC(C)C)c1ccccc1. The van der Waals surface area contributed by atoms with E-state index in [0.29, 0.717) is 18.3 Å². The molecule has 94 valence electrons. The number of nitrogens with one attached hydrogen (secondary N) is 1. The normalized spacial score (nSPS) is 12.5. The Bertz CT molecular complexity index is 332. The van der Waals surface area contributed by atoms with E-state index < -0.39 is 0 Å². The van der Waals surface area contributed by atoms with Gasteiger partial charge in [0.05, 0.1) is 0 Å². The number of hydrogen-bond donors (Lipinski definition) is 1. The van der Waals surface area contributed by atoms with Gasteiger partial charge in [-0.15, -0.1) is 0 Å². The Balaban J connectivity index is 2.46. The van der Waals surface area contributed by atoms with E-state index in [0.717, 1.165) is 13.0 Å². The molecule has 0 aliphatic rings. The fourth-order valence-electron chi connectivity index (χ4n) is 1.90. The lowest BCUT2D eigenvalue weighted by Crippen LogP contribution is -2.29. The molecule has 0 aliphatic carbocycles. The summed E-state index contributed by atoms with van der Waals surface area (Å²) < 4.78 is 0. The van der Waals surface area contributed by atoms with Gasteiger partial charge in [0.1, 0.15) is 0 Å². The van der Waals surface area contributed by atoms with Crippen LogP contribution in [0.5, 0.6) is 0 Å². The van der Waals surface area contributed by atoms with Crippen LogP contribution >= 0.6 is 0 Å². The maximum absolute atomic E-state index is 11.6. The molecule has 0 heterocycles. The van der Waals surface area contributed by atoms with Crippen molar-refractivity contribution in [3.63, 3.8) is 0 Å². The first-order valence-electron chi connectivity index (χ1n) is 6.45. The van der Waals surface area contributed by atoms with Crippen molar-refractivity contribution in [2.45, 2.75) is 39.5 Å². The van der Waals surface area contributed by atoms with Gasteiger partial charge < -0.3 is 5.32 Å². The molecule has 0 saturated carbocycles. The standard InChI is InChI=1S/C15H23NO/c1-4-13(14-8-6-5-7-9-14)11-16-15(17)10-12(2)3/h5-9,12-13H,4,10-11H2,1-3H3,(H,16,17). The summed E-state index contributed by atoms with van der Waals surface area (Å²) in [6.45, 7) is 7.03. The molecule has 1 aromatic carbocycles. The van der Waals surface area contributed by atoms with E-state index in [1.165, 1.54) is 5.56 Å². The molecule has 1 N–H and O–H groups in total. The maximum atomic E-state index is 11.6. The average molecular weight is 233 g/mol. The molecule has 0 spiro atoms. The van der Waals surface area contributed by atoms with Crippen LogP contribution in [-0.4, -0.2) is 12.5 Å². The number of hydrogen-bond acceptors (Lipinski definition) is 1. The Morgan fingerprint density at radius 3 is 2.41 bits per heavy atom. The Labute approximate surface area is 104 Å². The highest BCUT2D eigenvalue weighted by Crippen LogP contribution is 2.17. The van der Waals surface area contributed by atoms with Gasteiger partial charge >= 0.3 is 0 Å². The largest absolute Gasteiger partial charge is 0.355 e. The molecular weight excluding hydrogens is 210 g/mol. The van der Waals surface area contributed by atoms with Crippen molar-refractivity contribution in [1.29, 1.82) is 0 Å². The van der Waals surface area contributed by atoms with Crippen molar-refractivity contribution in [3.05, 3.63) is 35.9 Å². The predicted octanol–water partition coefficient (Wildman–Crippen LogP) is 3.34. The second kappa shape index (κ2) is 7.10. The molecule has 0 aliphatic heterocycles. The molecule has 1 atom stereocenters. The van der Waals surface area contributed by atoms with E-state index in [9.17, 15) is 4.79 Å². The van der Waals surface area contributed by atoms with Gasteiger partial charge in [-0.1, -0.05) is 51.1 Å². The van der Waals surface area contributed by atoms with Crippen LogP contribution < -0.4 is 5.32 Å². The minimum atomic E-state index is 0.161. The van der Waals surface area contributed by atoms with Crippen molar-refractivity contribution in [2.75, 3.05) is 6.54 Å². The molecule has 0 fully saturated rings. The first-order chi connectivity index (χ1) is 8.13. The zero-order valence-electron chi connectivity index (χ0n) is 11.1. The highest BCUT2D eigenvalue weighted by molar-refractivity contribution is 5.76. The Morgan fingerprint density at radius 2 is 1.88 bits per heavy atom. The van der Waals surface area contributed by atoms with Gasteiger partial charge in [0.15, 0.2) is 0 Å². The van der Waals surface area contributed by atoms with Gasteiger partial charge in [0, 0.05) is 18.9 Å². The minimum absolute atomic E-state index is 0.161. The summed E-state index contributed by atoms with van der Waals surface area (Å²) in [5, 5.41) is 3.02. The van der Waals surface area contributed by atoms with Crippen LogP contribution in [0.25, 0.3) is 0 Å². The third-order valence-electron chi connectivity index (χ3n) is 2.90. The zero-order chi connectivity index (χ0) is 12.7. The predicted molar refractivity (Wildman–Crippen MR) is 71.9 cm³/mol. The van der Waals surface area contributed by atoms with Crippen LogP contribution in [0.15, 0.2) is 30.3 Å². The van der Waals surface area contributed by atoms with Crippen LogP contribution in [0, 0.1) is 5.92 Å². The van der Waals surface area contributed by atoms with Crippen molar-refractivity contribution in [3.8, 4) is 0 Å². The van der Waals surface area contributed by atoms with Crippen LogP contribution in [0.2, 0.25) is 0 Å². The summed E-state index contributed by atoms with van der Waals surface area (Å²) in [4.78, 5) is 11.6. The monoisotopic (exact) mass is 233 g/mol. The molecule has 1 aromatic rings. The molecule has 0 saturated heterocycles. The van der Waals surface area contributed by atoms with Gasteiger partial charge in [-0.05, 0) is 17.9 Å². The van der Waals surface area contributed by atoms with Crippen LogP contribution in [0.1, 0.15) is 45.1 Å². The first kappa shape index (κ1) is 13.8. The van der Waals surface area contributed by atoms with E-state index in [4.69, 9.17) is 0 Å². The smallest absolute Gasteiger partial charge is 0.220 e. The van der Waals surface area contributed by atoms with Crippen molar-refractivity contribution in [1.82, 2.24) is 5.32 Å². The fourth-order valence-corrected chi connectivity index (χ4v) is 1.90. The zero-order valence-corrected chi connectivity index (χ0v) is 11.1. The summed E-state index contributed by atoms with van der Waals surface area (Å²) in [6, 6.07) is 10.4. The summed E-state index contributed by atoms with van der Waals surface area (Å²) >= 11 is 0. The van der Waals surface area contributed by atoms with Gasteiger partial charge in [0.2, 0.25) is 5.91 Å². The topological polar surface area (TPSA) is 29.1 Å². The lowest BCUT2D eigenvalue weighted by molar-refractivity contribution is -0.121. The number of carbonyl (C=O) groups excluding carboxylic acids is 1. The minimum Gasteiger partial charge on any atom is -0.355 e. The highest BCUT2D eigenvalue weighted by atomic mass is 16.1. The van der Waals surface area contributed by atoms with E-state index >= 15 is 0 Å². The van der Waals surface area contributed by atoms with E-state index in [1.54, 1.807) is 0 Å². The quantitative estimate of drug-likeness (QED) is 0.802. The number of benzene rings is 1. The summed E-state index contributed by atoms with van der Waals surface area (Å²) in [7, 11) is 0. The first-order valence-corrected chi connectivity index (χ1v) is 6.45. The lowest BCUT2D eigenvalue weighted by atomic mass is 9.96. The molecule has 1 rings (SSSR count). The molecule has 0 aromatic heterocycles. The van der Waals surface area contributed by atoms with Gasteiger partial charge in [0.25, 0.3) is 0 Å². The Hall–Kier alpha value is -1.31. The lowest BCUT2D eigenvalue weighted by Gasteiger charge is -2.16. The Kier molecular flexibility index (Phi) is 5.75. The van der Waals surface area contributed by atoms with Crippen LogP contribution in [0.4, 0.5) is 0 Å². The molecule has 17 heavy (non-hydrogen) atoms. The fraction of sp³-hybridized carbons (Fsp3) is 0.533. The molecule has 1 unspecified atom stereocenters. The third kappa shape index (κ3) is 5.03.